The number of nitrogens with one attached hydrogen (secondary N) is 1. The van der Waals surface area contributed by atoms with Crippen LogP contribution in [0.2, 0.25) is 0 Å². The molecule has 1 atom stereocenters. The lowest BCUT2D eigenvalue weighted by Gasteiger charge is -2.13. The van der Waals surface area contributed by atoms with Gasteiger partial charge >= 0.3 is 0 Å². The van der Waals surface area contributed by atoms with E-state index in [4.69, 9.17) is 4.42 Å². The molecule has 0 bridgehead atoms. The van der Waals surface area contributed by atoms with Crippen molar-refractivity contribution in [2.75, 3.05) is 6.54 Å². The molecule has 2 aromatic heterocycles. The largest absolute Gasteiger partial charge is 0.418 e. The summed E-state index contributed by atoms with van der Waals surface area (Å²) in [5.41, 5.74) is 1.11. The van der Waals surface area contributed by atoms with Gasteiger partial charge in [0.05, 0.1) is 0 Å². The second-order valence-electron chi connectivity index (χ2n) is 4.44. The van der Waals surface area contributed by atoms with Crippen LogP contribution in [0.25, 0.3) is 10.8 Å². The Labute approximate surface area is 135 Å². The van der Waals surface area contributed by atoms with Gasteiger partial charge in [0, 0.05) is 4.47 Å². The van der Waals surface area contributed by atoms with E-state index in [0.717, 1.165) is 21.5 Å². The highest BCUT2D eigenvalue weighted by Gasteiger charge is 2.21. The molecule has 3 rings (SSSR count). The zero-order valence-electron chi connectivity index (χ0n) is 11.4. The first-order valence-electron chi connectivity index (χ1n) is 6.64. The summed E-state index contributed by atoms with van der Waals surface area (Å²) < 4.78 is 6.85. The number of thiophene rings is 1. The highest BCUT2D eigenvalue weighted by atomic mass is 79.9. The van der Waals surface area contributed by atoms with Crippen molar-refractivity contribution in [3.63, 3.8) is 0 Å². The zero-order valence-corrected chi connectivity index (χ0v) is 13.8. The van der Waals surface area contributed by atoms with E-state index >= 15 is 0 Å². The number of hydrogen-bond donors (Lipinski definition) is 1. The first-order valence-corrected chi connectivity index (χ1v) is 8.32. The molecule has 0 fully saturated rings. The van der Waals surface area contributed by atoms with E-state index in [1.165, 1.54) is 0 Å². The van der Waals surface area contributed by atoms with E-state index in [1.54, 1.807) is 11.3 Å². The van der Waals surface area contributed by atoms with Gasteiger partial charge in [-0.3, -0.25) is 0 Å². The van der Waals surface area contributed by atoms with E-state index in [0.29, 0.717) is 11.8 Å². The highest BCUT2D eigenvalue weighted by molar-refractivity contribution is 9.10. The summed E-state index contributed by atoms with van der Waals surface area (Å²) >= 11 is 5.07. The fraction of sp³-hybridized carbons (Fsp3) is 0.200. The van der Waals surface area contributed by atoms with Gasteiger partial charge in [-0.05, 0) is 39.5 Å². The van der Waals surface area contributed by atoms with Gasteiger partial charge in [-0.1, -0.05) is 37.3 Å². The quantitative estimate of drug-likeness (QED) is 0.735. The average molecular weight is 364 g/mol. The smallest absolute Gasteiger partial charge is 0.258 e. The predicted octanol–water partition coefficient (Wildman–Crippen LogP) is 4.26. The van der Waals surface area contributed by atoms with Crippen molar-refractivity contribution in [1.82, 2.24) is 15.5 Å². The molecular weight excluding hydrogens is 350 g/mol. The number of nitrogens with zero attached hydrogens (tertiary/aromatic N) is 2. The van der Waals surface area contributed by atoms with Crippen LogP contribution in [-0.4, -0.2) is 16.7 Å². The Hall–Kier alpha value is -1.50. The number of hydrogen-bond acceptors (Lipinski definition) is 5. The van der Waals surface area contributed by atoms with E-state index in [1.807, 2.05) is 29.6 Å². The minimum Gasteiger partial charge on any atom is -0.418 e. The zero-order chi connectivity index (χ0) is 14.7. The average Bonchev–Trinajstić information content (AvgIpc) is 3.14. The third kappa shape index (κ3) is 3.07. The van der Waals surface area contributed by atoms with Crippen molar-refractivity contribution in [2.45, 2.75) is 13.0 Å². The lowest BCUT2D eigenvalue weighted by molar-refractivity contribution is 0.445. The lowest BCUT2D eigenvalue weighted by Crippen LogP contribution is -2.22. The molecule has 6 heteroatoms. The Bertz CT molecular complexity index is 711. The number of rotatable bonds is 5. The van der Waals surface area contributed by atoms with Crippen LogP contribution >= 0.6 is 27.3 Å². The van der Waals surface area contributed by atoms with Gasteiger partial charge in [0.2, 0.25) is 5.89 Å². The Morgan fingerprint density at radius 1 is 1.24 bits per heavy atom. The summed E-state index contributed by atoms with van der Waals surface area (Å²) in [6.07, 6.45) is 0. The maximum Gasteiger partial charge on any atom is 0.258 e. The maximum atomic E-state index is 5.87. The van der Waals surface area contributed by atoms with Crippen molar-refractivity contribution >= 4 is 27.3 Å². The standard InChI is InChI=1S/C15H14BrN3OS/c1-2-17-12(10-6-4-3-5-7-10)14-18-19-15(20-14)13-11(16)8-9-21-13/h3-9,12,17H,2H2,1H3. The highest BCUT2D eigenvalue weighted by Crippen LogP contribution is 2.33. The fourth-order valence-corrected chi connectivity index (χ4v) is 3.55. The summed E-state index contributed by atoms with van der Waals surface area (Å²) in [5.74, 6) is 1.13. The summed E-state index contributed by atoms with van der Waals surface area (Å²) in [7, 11) is 0. The molecule has 0 amide bonds. The monoisotopic (exact) mass is 363 g/mol. The molecule has 0 saturated heterocycles. The third-order valence-corrected chi connectivity index (χ3v) is 4.87. The van der Waals surface area contributed by atoms with Crippen LogP contribution in [0, 0.1) is 0 Å². The molecule has 0 spiro atoms. The molecule has 0 saturated carbocycles. The van der Waals surface area contributed by atoms with Gasteiger partial charge in [-0.25, -0.2) is 0 Å². The van der Waals surface area contributed by atoms with Crippen LogP contribution < -0.4 is 5.32 Å². The normalized spacial score (nSPS) is 12.5. The van der Waals surface area contributed by atoms with Gasteiger partial charge in [0.25, 0.3) is 5.89 Å². The summed E-state index contributed by atoms with van der Waals surface area (Å²) in [4.78, 5) is 0.956. The molecule has 1 aromatic carbocycles. The molecule has 0 radical (unpaired) electrons. The topological polar surface area (TPSA) is 51.0 Å². The van der Waals surface area contributed by atoms with Crippen LogP contribution in [-0.2, 0) is 0 Å². The minimum absolute atomic E-state index is 0.0869. The van der Waals surface area contributed by atoms with Crippen molar-refractivity contribution < 1.29 is 4.42 Å². The first kappa shape index (κ1) is 14.4. The van der Waals surface area contributed by atoms with Crippen LogP contribution in [0.1, 0.15) is 24.4 Å². The Kier molecular flexibility index (Phi) is 4.48. The molecule has 2 heterocycles. The van der Waals surface area contributed by atoms with Gasteiger partial charge in [-0.15, -0.1) is 21.5 Å². The molecule has 3 aromatic rings. The number of aromatic nitrogens is 2. The summed E-state index contributed by atoms with van der Waals surface area (Å²) in [6.45, 7) is 2.88. The molecule has 1 unspecified atom stereocenters. The fourth-order valence-electron chi connectivity index (χ4n) is 2.09. The summed E-state index contributed by atoms with van der Waals surface area (Å²) in [5, 5.41) is 13.8. The molecular formula is C15H14BrN3OS. The van der Waals surface area contributed by atoms with Crippen LogP contribution in [0.3, 0.4) is 0 Å². The van der Waals surface area contributed by atoms with Crippen molar-refractivity contribution in [3.05, 3.63) is 57.7 Å². The van der Waals surface area contributed by atoms with E-state index in [9.17, 15) is 0 Å². The maximum absolute atomic E-state index is 5.87. The van der Waals surface area contributed by atoms with E-state index in [2.05, 4.69) is 50.5 Å². The van der Waals surface area contributed by atoms with Crippen LogP contribution in [0.15, 0.2) is 50.7 Å². The molecule has 108 valence electrons. The van der Waals surface area contributed by atoms with Crippen molar-refractivity contribution in [1.29, 1.82) is 0 Å². The summed E-state index contributed by atoms with van der Waals surface area (Å²) in [6, 6.07) is 12.0. The van der Waals surface area contributed by atoms with Gasteiger partial charge in [-0.2, -0.15) is 0 Å². The Balaban J connectivity index is 1.94. The van der Waals surface area contributed by atoms with Gasteiger partial charge in [0.1, 0.15) is 10.9 Å². The van der Waals surface area contributed by atoms with E-state index in [-0.39, 0.29) is 6.04 Å². The molecule has 4 nitrogen and oxygen atoms in total. The lowest BCUT2D eigenvalue weighted by atomic mass is 10.1. The first-order chi connectivity index (χ1) is 10.3. The molecule has 0 aliphatic heterocycles. The SMILES string of the molecule is CCNC(c1ccccc1)c1nnc(-c2sccc2Br)o1. The molecule has 0 aliphatic rings. The Morgan fingerprint density at radius 2 is 2.05 bits per heavy atom. The molecule has 1 N–H and O–H groups in total. The second-order valence-corrected chi connectivity index (χ2v) is 6.21. The Morgan fingerprint density at radius 3 is 2.71 bits per heavy atom. The van der Waals surface area contributed by atoms with E-state index < -0.39 is 0 Å². The van der Waals surface area contributed by atoms with Gasteiger partial charge in [0.15, 0.2) is 0 Å². The molecule has 0 aliphatic carbocycles. The minimum atomic E-state index is -0.0869. The molecule has 21 heavy (non-hydrogen) atoms. The number of benzene rings is 1. The third-order valence-electron chi connectivity index (χ3n) is 3.04. The van der Waals surface area contributed by atoms with Gasteiger partial charge < -0.3 is 9.73 Å². The van der Waals surface area contributed by atoms with Crippen LogP contribution in [0.5, 0.6) is 0 Å². The van der Waals surface area contributed by atoms with Crippen molar-refractivity contribution in [3.8, 4) is 10.8 Å². The predicted molar refractivity (Wildman–Crippen MR) is 87.3 cm³/mol. The second kappa shape index (κ2) is 6.51. The van der Waals surface area contributed by atoms with Crippen LogP contribution in [0.4, 0.5) is 0 Å². The number of halogens is 1. The van der Waals surface area contributed by atoms with Crippen molar-refractivity contribution in [2.24, 2.45) is 0 Å².